The minimum Gasteiger partial charge on any atom is -0.481 e. The Morgan fingerprint density at radius 1 is 1.27 bits per heavy atom. The highest BCUT2D eigenvalue weighted by Gasteiger charge is 2.51. The zero-order valence-corrected chi connectivity index (χ0v) is 13.1. The Morgan fingerprint density at radius 3 is 2.73 bits per heavy atom. The Hall–Kier alpha value is -1.73. The van der Waals surface area contributed by atoms with Crippen LogP contribution in [0.5, 0.6) is 0 Å². The van der Waals surface area contributed by atoms with Crippen molar-refractivity contribution in [1.82, 2.24) is 14.9 Å². The van der Waals surface area contributed by atoms with Crippen molar-refractivity contribution in [3.8, 4) is 0 Å². The molecular weight excluding hydrogens is 300 g/mol. The molecule has 0 atom stereocenters. The highest BCUT2D eigenvalue weighted by atomic mass is 32.1. The normalized spacial score (nSPS) is 21.2. The molecule has 1 aliphatic heterocycles. The van der Waals surface area contributed by atoms with Crippen molar-refractivity contribution in [3.05, 3.63) is 17.8 Å². The third-order valence-corrected chi connectivity index (χ3v) is 5.57. The van der Waals surface area contributed by atoms with E-state index in [4.69, 9.17) is 0 Å². The number of fused-ring (bicyclic) bond motifs is 1. The molecule has 0 radical (unpaired) electrons. The van der Waals surface area contributed by atoms with Crippen molar-refractivity contribution in [2.75, 3.05) is 37.6 Å². The van der Waals surface area contributed by atoms with Gasteiger partial charge in [-0.25, -0.2) is 9.97 Å². The second kappa shape index (κ2) is 5.17. The molecule has 1 aliphatic carbocycles. The van der Waals surface area contributed by atoms with Gasteiger partial charge in [-0.05, 0) is 24.3 Å². The lowest BCUT2D eigenvalue weighted by Gasteiger charge is -2.36. The summed E-state index contributed by atoms with van der Waals surface area (Å²) in [5.41, 5.74) is -0.461. The second-order valence-electron chi connectivity index (χ2n) is 6.19. The van der Waals surface area contributed by atoms with Gasteiger partial charge in [-0.3, -0.25) is 9.69 Å². The summed E-state index contributed by atoms with van der Waals surface area (Å²) in [7, 11) is 0. The van der Waals surface area contributed by atoms with E-state index in [0.717, 1.165) is 55.1 Å². The van der Waals surface area contributed by atoms with Gasteiger partial charge in [-0.1, -0.05) is 0 Å². The van der Waals surface area contributed by atoms with E-state index in [2.05, 4.69) is 25.8 Å². The fourth-order valence-electron chi connectivity index (χ4n) is 3.17. The molecule has 0 spiro atoms. The summed E-state index contributed by atoms with van der Waals surface area (Å²) in [5.74, 6) is 0.371. The van der Waals surface area contributed by atoms with E-state index in [9.17, 15) is 9.90 Å². The molecule has 6 nitrogen and oxygen atoms in total. The summed E-state index contributed by atoms with van der Waals surface area (Å²) < 4.78 is 0. The Bertz CT molecular complexity index is 704. The molecule has 2 aliphatic rings. The number of carboxylic acid groups (broad SMARTS) is 1. The summed E-state index contributed by atoms with van der Waals surface area (Å²) in [6.45, 7) is 4.25. The molecule has 2 fully saturated rings. The molecule has 1 N–H and O–H groups in total. The number of rotatable bonds is 4. The zero-order chi connectivity index (χ0) is 15.2. The molecule has 1 saturated carbocycles. The maximum atomic E-state index is 11.3. The lowest BCUT2D eigenvalue weighted by Crippen LogP contribution is -2.49. The largest absolute Gasteiger partial charge is 0.481 e. The molecule has 0 bridgehead atoms. The predicted molar refractivity (Wildman–Crippen MR) is 85.4 cm³/mol. The lowest BCUT2D eigenvalue weighted by molar-refractivity contribution is -0.144. The molecule has 3 heterocycles. The molecular formula is C15H18N4O2S. The number of anilines is 1. The van der Waals surface area contributed by atoms with Crippen LogP contribution in [0, 0.1) is 5.41 Å². The van der Waals surface area contributed by atoms with Crippen molar-refractivity contribution in [2.24, 2.45) is 5.41 Å². The van der Waals surface area contributed by atoms with Crippen LogP contribution in [0.2, 0.25) is 0 Å². The van der Waals surface area contributed by atoms with Gasteiger partial charge >= 0.3 is 5.97 Å². The number of piperazine rings is 1. The van der Waals surface area contributed by atoms with Crippen LogP contribution in [0.15, 0.2) is 17.8 Å². The highest BCUT2D eigenvalue weighted by Crippen LogP contribution is 2.46. The van der Waals surface area contributed by atoms with E-state index < -0.39 is 11.4 Å². The van der Waals surface area contributed by atoms with Crippen LogP contribution in [0.4, 0.5) is 5.82 Å². The van der Waals surface area contributed by atoms with Gasteiger partial charge in [0.15, 0.2) is 0 Å². The number of aliphatic carboxylic acids is 1. The minimum absolute atomic E-state index is 0.461. The van der Waals surface area contributed by atoms with E-state index in [0.29, 0.717) is 6.54 Å². The van der Waals surface area contributed by atoms with Gasteiger partial charge in [0.2, 0.25) is 0 Å². The number of hydrogen-bond donors (Lipinski definition) is 1. The van der Waals surface area contributed by atoms with Gasteiger partial charge < -0.3 is 10.0 Å². The first-order valence-corrected chi connectivity index (χ1v) is 8.45. The third-order valence-electron chi connectivity index (χ3n) is 4.75. The smallest absolute Gasteiger partial charge is 0.310 e. The number of thiophene rings is 1. The zero-order valence-electron chi connectivity index (χ0n) is 12.2. The molecule has 2 aromatic heterocycles. The number of carbonyl (C=O) groups is 1. The van der Waals surface area contributed by atoms with E-state index in [1.807, 2.05) is 5.38 Å². The van der Waals surface area contributed by atoms with Gasteiger partial charge in [0.25, 0.3) is 0 Å². The first-order chi connectivity index (χ1) is 10.7. The van der Waals surface area contributed by atoms with E-state index in [1.54, 1.807) is 17.7 Å². The highest BCUT2D eigenvalue weighted by molar-refractivity contribution is 7.16. The van der Waals surface area contributed by atoms with E-state index in [-0.39, 0.29) is 0 Å². The van der Waals surface area contributed by atoms with Crippen molar-refractivity contribution in [3.63, 3.8) is 0 Å². The third kappa shape index (κ3) is 2.34. The average molecular weight is 318 g/mol. The maximum Gasteiger partial charge on any atom is 0.310 e. The van der Waals surface area contributed by atoms with Gasteiger partial charge in [-0.2, -0.15) is 0 Å². The van der Waals surface area contributed by atoms with Crippen LogP contribution >= 0.6 is 11.3 Å². The van der Waals surface area contributed by atoms with Crippen LogP contribution in [0.1, 0.15) is 12.8 Å². The molecule has 4 rings (SSSR count). The molecule has 0 aromatic carbocycles. The molecule has 7 heteroatoms. The summed E-state index contributed by atoms with van der Waals surface area (Å²) in [5, 5.41) is 12.5. The number of hydrogen-bond acceptors (Lipinski definition) is 6. The van der Waals surface area contributed by atoms with Crippen molar-refractivity contribution < 1.29 is 9.90 Å². The SMILES string of the molecule is O=C(O)C1(CN2CCN(c3ncnc4sccc34)CC2)CC1. The average Bonchev–Trinajstić information content (AvgIpc) is 3.15. The first-order valence-electron chi connectivity index (χ1n) is 7.57. The monoisotopic (exact) mass is 318 g/mol. The Balaban J connectivity index is 1.44. The lowest BCUT2D eigenvalue weighted by atomic mass is 10.1. The van der Waals surface area contributed by atoms with Gasteiger partial charge in [0.1, 0.15) is 17.0 Å². The Morgan fingerprint density at radius 2 is 2.05 bits per heavy atom. The predicted octanol–water partition coefficient (Wildman–Crippen LogP) is 1.68. The number of aromatic nitrogens is 2. The first kappa shape index (κ1) is 13.9. The quantitative estimate of drug-likeness (QED) is 0.925. The van der Waals surface area contributed by atoms with Crippen molar-refractivity contribution in [2.45, 2.75) is 12.8 Å². The molecule has 0 amide bonds. The Kier molecular flexibility index (Phi) is 3.27. The van der Waals surface area contributed by atoms with E-state index in [1.165, 1.54) is 0 Å². The van der Waals surface area contributed by atoms with Crippen LogP contribution in [-0.2, 0) is 4.79 Å². The van der Waals surface area contributed by atoms with Gasteiger partial charge in [0.05, 0.1) is 10.8 Å². The standard InChI is InChI=1S/C15H18N4O2S/c20-14(21)15(2-3-15)9-18-4-6-19(7-5-18)12-11-1-8-22-13(11)17-10-16-12/h1,8,10H,2-7,9H2,(H,20,21). The summed E-state index contributed by atoms with van der Waals surface area (Å²) >= 11 is 1.63. The number of nitrogens with zero attached hydrogens (tertiary/aromatic N) is 4. The van der Waals surface area contributed by atoms with Crippen LogP contribution < -0.4 is 4.90 Å². The number of carboxylic acids is 1. The van der Waals surface area contributed by atoms with Crippen molar-refractivity contribution >= 4 is 33.3 Å². The van der Waals surface area contributed by atoms with Crippen molar-refractivity contribution in [1.29, 1.82) is 0 Å². The topological polar surface area (TPSA) is 69.6 Å². The fourth-order valence-corrected chi connectivity index (χ4v) is 3.89. The van der Waals surface area contributed by atoms with Crippen LogP contribution in [-0.4, -0.2) is 58.7 Å². The summed E-state index contributed by atoms with van der Waals surface area (Å²) in [4.78, 5) is 25.6. The Labute approximate surface area is 132 Å². The van der Waals surface area contributed by atoms with Gasteiger partial charge in [-0.15, -0.1) is 11.3 Å². The molecule has 1 saturated heterocycles. The van der Waals surface area contributed by atoms with Gasteiger partial charge in [0, 0.05) is 32.7 Å². The molecule has 116 valence electrons. The maximum absolute atomic E-state index is 11.3. The molecule has 22 heavy (non-hydrogen) atoms. The summed E-state index contributed by atoms with van der Waals surface area (Å²) in [6, 6.07) is 2.07. The second-order valence-corrected chi connectivity index (χ2v) is 7.08. The van der Waals surface area contributed by atoms with Crippen LogP contribution in [0.25, 0.3) is 10.2 Å². The molecule has 2 aromatic rings. The van der Waals surface area contributed by atoms with E-state index >= 15 is 0 Å². The fraction of sp³-hybridized carbons (Fsp3) is 0.533. The minimum atomic E-state index is -0.634. The summed E-state index contributed by atoms with van der Waals surface area (Å²) in [6.07, 6.45) is 3.28. The molecule has 0 unspecified atom stereocenters. The van der Waals surface area contributed by atoms with Crippen LogP contribution in [0.3, 0.4) is 0 Å².